The van der Waals surface area contributed by atoms with Crippen molar-refractivity contribution >= 4 is 69.2 Å². The standard InChI is InChI=1S/C17H11Cl2NO3S2/c1-23-14-5-3-10(8-12(14)19)20-16(22)15(25-17(20)24)7-9-2-4-13(21)11(18)6-9/h2-8,21H,1H3/b15-7+. The molecule has 0 bridgehead atoms. The average molecular weight is 412 g/mol. The van der Waals surface area contributed by atoms with Crippen molar-refractivity contribution in [1.82, 2.24) is 0 Å². The molecule has 1 heterocycles. The predicted molar refractivity (Wildman–Crippen MR) is 107 cm³/mol. The first-order valence-corrected chi connectivity index (χ1v) is 8.99. The summed E-state index contributed by atoms with van der Waals surface area (Å²) in [6.45, 7) is 0. The molecule has 0 aromatic heterocycles. The molecule has 128 valence electrons. The number of phenolic OH excluding ortho intramolecular Hbond substituents is 1. The van der Waals surface area contributed by atoms with Crippen molar-refractivity contribution in [3.05, 3.63) is 56.9 Å². The van der Waals surface area contributed by atoms with Crippen LogP contribution in [0.1, 0.15) is 5.56 Å². The summed E-state index contributed by atoms with van der Waals surface area (Å²) in [5.41, 5.74) is 1.26. The molecule has 0 atom stereocenters. The second kappa shape index (κ2) is 7.25. The highest BCUT2D eigenvalue weighted by molar-refractivity contribution is 8.27. The third-order valence-electron chi connectivity index (χ3n) is 3.46. The molecule has 3 rings (SSSR count). The third-order valence-corrected chi connectivity index (χ3v) is 5.36. The zero-order chi connectivity index (χ0) is 18.1. The molecule has 1 aliphatic heterocycles. The van der Waals surface area contributed by atoms with E-state index in [1.165, 1.54) is 29.8 Å². The summed E-state index contributed by atoms with van der Waals surface area (Å²) in [4.78, 5) is 14.6. The van der Waals surface area contributed by atoms with Crippen molar-refractivity contribution in [3.63, 3.8) is 0 Å². The van der Waals surface area contributed by atoms with E-state index < -0.39 is 0 Å². The maximum atomic E-state index is 12.7. The highest BCUT2D eigenvalue weighted by Crippen LogP contribution is 2.38. The number of aromatic hydroxyl groups is 1. The van der Waals surface area contributed by atoms with Gasteiger partial charge in [-0.15, -0.1) is 0 Å². The molecule has 2 aromatic rings. The number of carbonyl (C=O) groups excluding carboxylic acids is 1. The summed E-state index contributed by atoms with van der Waals surface area (Å²) in [6.07, 6.45) is 1.68. The van der Waals surface area contributed by atoms with Crippen LogP contribution in [0.25, 0.3) is 6.08 Å². The van der Waals surface area contributed by atoms with Crippen molar-refractivity contribution in [1.29, 1.82) is 0 Å². The molecule has 1 saturated heterocycles. The van der Waals surface area contributed by atoms with Gasteiger partial charge in [-0.2, -0.15) is 0 Å². The van der Waals surface area contributed by atoms with Crippen LogP contribution in [-0.2, 0) is 4.79 Å². The van der Waals surface area contributed by atoms with Crippen molar-refractivity contribution in [3.8, 4) is 11.5 Å². The Hall–Kier alpha value is -1.73. The molecule has 4 nitrogen and oxygen atoms in total. The van der Waals surface area contributed by atoms with Crippen LogP contribution in [0.5, 0.6) is 11.5 Å². The number of amides is 1. The lowest BCUT2D eigenvalue weighted by Crippen LogP contribution is -2.27. The van der Waals surface area contributed by atoms with Crippen molar-refractivity contribution in [2.75, 3.05) is 12.0 Å². The van der Waals surface area contributed by atoms with Gasteiger partial charge in [0.1, 0.15) is 11.5 Å². The zero-order valence-electron chi connectivity index (χ0n) is 12.8. The maximum absolute atomic E-state index is 12.7. The van der Waals surface area contributed by atoms with Crippen LogP contribution in [0, 0.1) is 0 Å². The summed E-state index contributed by atoms with van der Waals surface area (Å²) in [7, 11) is 1.52. The number of ether oxygens (including phenoxy) is 1. The molecule has 0 aliphatic carbocycles. The summed E-state index contributed by atoms with van der Waals surface area (Å²) >= 11 is 18.6. The topological polar surface area (TPSA) is 49.8 Å². The first kappa shape index (κ1) is 18.1. The number of carbonyl (C=O) groups is 1. The van der Waals surface area contributed by atoms with E-state index in [1.807, 2.05) is 0 Å². The van der Waals surface area contributed by atoms with Crippen LogP contribution in [0.3, 0.4) is 0 Å². The molecule has 8 heteroatoms. The number of rotatable bonds is 3. The van der Waals surface area contributed by atoms with Crippen LogP contribution in [0.4, 0.5) is 5.69 Å². The maximum Gasteiger partial charge on any atom is 0.270 e. The Bertz CT molecular complexity index is 915. The quantitative estimate of drug-likeness (QED) is 0.561. The number of anilines is 1. The number of halogens is 2. The summed E-state index contributed by atoms with van der Waals surface area (Å²) < 4.78 is 5.52. The number of methoxy groups -OCH3 is 1. The molecule has 1 fully saturated rings. The van der Waals surface area contributed by atoms with Crippen molar-refractivity contribution in [2.24, 2.45) is 0 Å². The van der Waals surface area contributed by atoms with Gasteiger partial charge in [0, 0.05) is 0 Å². The van der Waals surface area contributed by atoms with Gasteiger partial charge in [-0.05, 0) is 42.0 Å². The number of phenols is 1. The summed E-state index contributed by atoms with van der Waals surface area (Å²) in [6, 6.07) is 9.74. The monoisotopic (exact) mass is 411 g/mol. The fraction of sp³-hybridized carbons (Fsp3) is 0.0588. The Labute approximate surface area is 164 Å². The molecule has 2 aromatic carbocycles. The molecular formula is C17H11Cl2NO3S2. The lowest BCUT2D eigenvalue weighted by Gasteiger charge is -2.15. The van der Waals surface area contributed by atoms with Gasteiger partial charge < -0.3 is 9.84 Å². The minimum atomic E-state index is -0.250. The number of benzene rings is 2. The van der Waals surface area contributed by atoms with Gasteiger partial charge in [-0.1, -0.05) is 53.2 Å². The Kier molecular flexibility index (Phi) is 5.24. The lowest BCUT2D eigenvalue weighted by atomic mass is 10.2. The zero-order valence-corrected chi connectivity index (χ0v) is 16.0. The number of hydrogen-bond donors (Lipinski definition) is 1. The molecule has 0 saturated carbocycles. The molecule has 1 amide bonds. The highest BCUT2D eigenvalue weighted by Gasteiger charge is 2.33. The number of hydrogen-bond acceptors (Lipinski definition) is 5. The van der Waals surface area contributed by atoms with Crippen molar-refractivity contribution < 1.29 is 14.6 Å². The van der Waals surface area contributed by atoms with E-state index in [-0.39, 0.29) is 16.7 Å². The molecule has 1 N–H and O–H groups in total. The van der Waals surface area contributed by atoms with E-state index >= 15 is 0 Å². The Morgan fingerprint density at radius 1 is 1.20 bits per heavy atom. The highest BCUT2D eigenvalue weighted by atomic mass is 35.5. The molecule has 0 radical (unpaired) electrons. The van der Waals surface area contributed by atoms with E-state index in [0.29, 0.717) is 31.2 Å². The molecule has 0 spiro atoms. The summed E-state index contributed by atoms with van der Waals surface area (Å²) in [5.74, 6) is 0.254. The molecule has 25 heavy (non-hydrogen) atoms. The first-order chi connectivity index (χ1) is 11.9. The van der Waals surface area contributed by atoms with E-state index in [2.05, 4.69) is 0 Å². The number of nitrogens with zero attached hydrogens (tertiary/aromatic N) is 1. The largest absolute Gasteiger partial charge is 0.506 e. The van der Waals surface area contributed by atoms with Gasteiger partial charge in [0.2, 0.25) is 0 Å². The van der Waals surface area contributed by atoms with Crippen LogP contribution >= 0.6 is 47.2 Å². The third kappa shape index (κ3) is 3.62. The van der Waals surface area contributed by atoms with Gasteiger partial charge in [0.15, 0.2) is 4.32 Å². The molecule has 0 unspecified atom stereocenters. The van der Waals surface area contributed by atoms with Gasteiger partial charge >= 0.3 is 0 Å². The average Bonchev–Trinajstić information content (AvgIpc) is 2.85. The molecular weight excluding hydrogens is 401 g/mol. The minimum absolute atomic E-state index is 0.0146. The normalized spacial score (nSPS) is 16.0. The smallest absolute Gasteiger partial charge is 0.270 e. The van der Waals surface area contributed by atoms with Gasteiger partial charge in [-0.3, -0.25) is 9.69 Å². The number of thiocarbonyl (C=S) groups is 1. The Morgan fingerprint density at radius 3 is 2.60 bits per heavy atom. The predicted octanol–water partition coefficient (Wildman–Crippen LogP) is 5.11. The van der Waals surface area contributed by atoms with Gasteiger partial charge in [0.05, 0.1) is 27.7 Å². The SMILES string of the molecule is COc1ccc(N2C(=O)/C(=C\c3ccc(O)c(Cl)c3)SC2=S)cc1Cl. The Balaban J connectivity index is 1.93. The van der Waals surface area contributed by atoms with E-state index in [9.17, 15) is 9.90 Å². The van der Waals surface area contributed by atoms with Gasteiger partial charge in [-0.25, -0.2) is 0 Å². The fourth-order valence-electron chi connectivity index (χ4n) is 2.25. The van der Waals surface area contributed by atoms with E-state index in [4.69, 9.17) is 40.2 Å². The van der Waals surface area contributed by atoms with Crippen LogP contribution < -0.4 is 9.64 Å². The van der Waals surface area contributed by atoms with Crippen molar-refractivity contribution in [2.45, 2.75) is 0 Å². The van der Waals surface area contributed by atoms with Crippen LogP contribution in [0.15, 0.2) is 41.3 Å². The lowest BCUT2D eigenvalue weighted by molar-refractivity contribution is -0.113. The van der Waals surface area contributed by atoms with Gasteiger partial charge in [0.25, 0.3) is 5.91 Å². The summed E-state index contributed by atoms with van der Waals surface area (Å²) in [5, 5.41) is 10.1. The van der Waals surface area contributed by atoms with E-state index in [1.54, 1.807) is 36.4 Å². The fourth-order valence-corrected chi connectivity index (χ4v) is 3.99. The van der Waals surface area contributed by atoms with E-state index in [0.717, 1.165) is 0 Å². The second-order valence-electron chi connectivity index (χ2n) is 5.05. The molecule has 1 aliphatic rings. The first-order valence-electron chi connectivity index (χ1n) is 7.00. The second-order valence-corrected chi connectivity index (χ2v) is 7.54. The van der Waals surface area contributed by atoms with Crippen LogP contribution in [-0.4, -0.2) is 22.4 Å². The van der Waals surface area contributed by atoms with Crippen LogP contribution in [0.2, 0.25) is 10.0 Å². The Morgan fingerprint density at radius 2 is 1.96 bits per heavy atom. The minimum Gasteiger partial charge on any atom is -0.506 e. The number of thioether (sulfide) groups is 1.